The average molecular weight is 282 g/mol. The molecule has 0 radical (unpaired) electrons. The molecule has 4 rings (SSSR count). The molecule has 2 fully saturated rings. The predicted molar refractivity (Wildman–Crippen MR) is 78.9 cm³/mol. The van der Waals surface area contributed by atoms with E-state index < -0.39 is 0 Å². The number of likely N-dealkylation sites (tertiary alicyclic amines) is 1. The van der Waals surface area contributed by atoms with E-state index in [-0.39, 0.29) is 5.91 Å². The van der Waals surface area contributed by atoms with Crippen molar-refractivity contribution in [3.63, 3.8) is 0 Å². The third-order valence-electron chi connectivity index (χ3n) is 4.44. The Hall–Kier alpha value is -2.14. The molecular formula is C16H18N4O. The normalized spacial score (nSPS) is 24.6. The zero-order valence-corrected chi connectivity index (χ0v) is 11.8. The Bertz CT molecular complexity index is 651. The van der Waals surface area contributed by atoms with Crippen LogP contribution in [-0.2, 0) is 11.3 Å². The minimum Gasteiger partial charge on any atom is -0.334 e. The smallest absolute Gasteiger partial charge is 0.224 e. The largest absolute Gasteiger partial charge is 0.334 e. The zero-order chi connectivity index (χ0) is 14.2. The standard InChI is InChI=1S/C16H18N4O/c21-16-8-14-15(6-7-17-14)19(16)10-12-9-18-20(11-12)13-4-2-1-3-5-13/h1-5,9,11,14-15,17H,6-8,10H2/t14-,15-/m1/s1. The van der Waals surface area contributed by atoms with Crippen molar-refractivity contribution in [1.82, 2.24) is 20.0 Å². The van der Waals surface area contributed by atoms with Crippen molar-refractivity contribution < 1.29 is 4.79 Å². The number of nitrogens with zero attached hydrogens (tertiary/aromatic N) is 3. The fourth-order valence-electron chi connectivity index (χ4n) is 3.39. The first-order valence-electron chi connectivity index (χ1n) is 7.43. The van der Waals surface area contributed by atoms with E-state index in [1.807, 2.05) is 52.3 Å². The molecule has 21 heavy (non-hydrogen) atoms. The van der Waals surface area contributed by atoms with Gasteiger partial charge in [-0.15, -0.1) is 0 Å². The number of aromatic nitrogens is 2. The summed E-state index contributed by atoms with van der Waals surface area (Å²) in [6.45, 7) is 1.68. The maximum absolute atomic E-state index is 12.1. The van der Waals surface area contributed by atoms with Crippen LogP contribution in [-0.4, -0.2) is 39.2 Å². The number of hydrogen-bond donors (Lipinski definition) is 1. The van der Waals surface area contributed by atoms with Gasteiger partial charge in [0.05, 0.1) is 11.9 Å². The number of hydrogen-bond acceptors (Lipinski definition) is 3. The molecule has 0 spiro atoms. The molecule has 2 saturated heterocycles. The maximum atomic E-state index is 12.1. The van der Waals surface area contributed by atoms with Crippen LogP contribution in [0, 0.1) is 0 Å². The van der Waals surface area contributed by atoms with Crippen LogP contribution in [0.2, 0.25) is 0 Å². The highest BCUT2D eigenvalue weighted by Gasteiger charge is 2.42. The molecule has 1 amide bonds. The molecule has 1 aromatic heterocycles. The van der Waals surface area contributed by atoms with Gasteiger partial charge in [-0.3, -0.25) is 4.79 Å². The minimum atomic E-state index is 0.254. The first-order chi connectivity index (χ1) is 10.3. The van der Waals surface area contributed by atoms with E-state index in [1.165, 1.54) is 0 Å². The molecule has 1 N–H and O–H groups in total. The minimum absolute atomic E-state index is 0.254. The van der Waals surface area contributed by atoms with Crippen LogP contribution in [0.25, 0.3) is 5.69 Å². The maximum Gasteiger partial charge on any atom is 0.224 e. The molecule has 5 heteroatoms. The molecule has 108 valence electrons. The van der Waals surface area contributed by atoms with Gasteiger partial charge in [0.15, 0.2) is 0 Å². The summed E-state index contributed by atoms with van der Waals surface area (Å²) in [5.74, 6) is 0.254. The van der Waals surface area contributed by atoms with Crippen molar-refractivity contribution in [3.8, 4) is 5.69 Å². The van der Waals surface area contributed by atoms with Crippen LogP contribution >= 0.6 is 0 Å². The topological polar surface area (TPSA) is 50.2 Å². The highest BCUT2D eigenvalue weighted by molar-refractivity contribution is 5.80. The number of carbonyl (C=O) groups is 1. The second kappa shape index (κ2) is 5.00. The van der Waals surface area contributed by atoms with E-state index in [0.717, 1.165) is 24.2 Å². The lowest BCUT2D eigenvalue weighted by atomic mass is 10.1. The lowest BCUT2D eigenvalue weighted by Gasteiger charge is -2.22. The Labute approximate surface area is 123 Å². The summed E-state index contributed by atoms with van der Waals surface area (Å²) in [5.41, 5.74) is 2.12. The fourth-order valence-corrected chi connectivity index (χ4v) is 3.39. The molecule has 1 aromatic carbocycles. The molecule has 5 nitrogen and oxygen atoms in total. The van der Waals surface area contributed by atoms with Crippen LogP contribution in [0.4, 0.5) is 0 Å². The van der Waals surface area contributed by atoms with E-state index in [9.17, 15) is 4.79 Å². The number of rotatable bonds is 3. The fraction of sp³-hybridized carbons (Fsp3) is 0.375. The summed E-state index contributed by atoms with van der Waals surface area (Å²) in [6.07, 6.45) is 5.56. The van der Waals surface area contributed by atoms with E-state index in [1.54, 1.807) is 0 Å². The third-order valence-corrected chi connectivity index (χ3v) is 4.44. The Kier molecular flexibility index (Phi) is 3.00. The highest BCUT2D eigenvalue weighted by atomic mass is 16.2. The van der Waals surface area contributed by atoms with Gasteiger partial charge in [-0.05, 0) is 25.1 Å². The molecule has 0 saturated carbocycles. The van der Waals surface area contributed by atoms with Gasteiger partial charge in [-0.2, -0.15) is 5.10 Å². The Balaban J connectivity index is 1.53. The summed E-state index contributed by atoms with van der Waals surface area (Å²) >= 11 is 0. The number of fused-ring (bicyclic) bond motifs is 1. The quantitative estimate of drug-likeness (QED) is 0.924. The molecule has 2 aromatic rings. The molecular weight excluding hydrogens is 264 g/mol. The summed E-state index contributed by atoms with van der Waals surface area (Å²) in [4.78, 5) is 14.1. The van der Waals surface area contributed by atoms with Crippen LogP contribution in [0.1, 0.15) is 18.4 Å². The predicted octanol–water partition coefficient (Wildman–Crippen LogP) is 1.34. The van der Waals surface area contributed by atoms with Gasteiger partial charge in [0.2, 0.25) is 5.91 Å². The first-order valence-corrected chi connectivity index (χ1v) is 7.43. The summed E-state index contributed by atoms with van der Waals surface area (Å²) < 4.78 is 1.86. The van der Waals surface area contributed by atoms with Crippen molar-refractivity contribution in [2.45, 2.75) is 31.5 Å². The summed E-state index contributed by atoms with van der Waals surface area (Å²) in [5, 5.41) is 7.81. The number of carbonyl (C=O) groups excluding carboxylic acids is 1. The molecule has 0 unspecified atom stereocenters. The van der Waals surface area contributed by atoms with Crippen molar-refractivity contribution in [2.75, 3.05) is 6.54 Å². The third kappa shape index (κ3) is 2.23. The monoisotopic (exact) mass is 282 g/mol. The average Bonchev–Trinajstić information content (AvgIpc) is 3.19. The van der Waals surface area contributed by atoms with E-state index in [2.05, 4.69) is 10.4 Å². The SMILES string of the molecule is O=C1C[C@H]2NCC[C@H]2N1Cc1cnn(-c2ccccc2)c1. The molecule has 0 bridgehead atoms. The molecule has 2 aliphatic heterocycles. The second-order valence-electron chi connectivity index (χ2n) is 5.77. The Morgan fingerprint density at radius 3 is 3.00 bits per heavy atom. The van der Waals surface area contributed by atoms with Gasteiger partial charge < -0.3 is 10.2 Å². The first kappa shape index (κ1) is 12.6. The molecule has 0 aliphatic carbocycles. The lowest BCUT2D eigenvalue weighted by Crippen LogP contribution is -2.35. The number of benzene rings is 1. The highest BCUT2D eigenvalue weighted by Crippen LogP contribution is 2.27. The summed E-state index contributed by atoms with van der Waals surface area (Å²) in [7, 11) is 0. The van der Waals surface area contributed by atoms with Gasteiger partial charge in [0.1, 0.15) is 0 Å². The molecule has 2 atom stereocenters. The van der Waals surface area contributed by atoms with Gasteiger partial charge >= 0.3 is 0 Å². The van der Waals surface area contributed by atoms with Crippen molar-refractivity contribution in [2.24, 2.45) is 0 Å². The lowest BCUT2D eigenvalue weighted by molar-refractivity contribution is -0.129. The van der Waals surface area contributed by atoms with E-state index >= 15 is 0 Å². The summed E-state index contributed by atoms with van der Waals surface area (Å²) in [6, 6.07) is 10.7. The Morgan fingerprint density at radius 1 is 1.29 bits per heavy atom. The van der Waals surface area contributed by atoms with Gasteiger partial charge in [-0.1, -0.05) is 18.2 Å². The van der Waals surface area contributed by atoms with Crippen molar-refractivity contribution >= 4 is 5.91 Å². The number of amides is 1. The zero-order valence-electron chi connectivity index (χ0n) is 11.8. The second-order valence-corrected chi connectivity index (χ2v) is 5.77. The number of nitrogens with one attached hydrogen (secondary N) is 1. The molecule has 2 aliphatic rings. The van der Waals surface area contributed by atoms with Crippen molar-refractivity contribution in [1.29, 1.82) is 0 Å². The number of para-hydroxylation sites is 1. The van der Waals surface area contributed by atoms with Gasteiger partial charge in [-0.25, -0.2) is 4.68 Å². The van der Waals surface area contributed by atoms with Crippen molar-refractivity contribution in [3.05, 3.63) is 48.3 Å². The van der Waals surface area contributed by atoms with Crippen LogP contribution in [0.5, 0.6) is 0 Å². The van der Waals surface area contributed by atoms with Crippen LogP contribution in [0.3, 0.4) is 0 Å². The van der Waals surface area contributed by atoms with Gasteiger partial charge in [0.25, 0.3) is 0 Å². The van der Waals surface area contributed by atoms with Crippen LogP contribution < -0.4 is 5.32 Å². The van der Waals surface area contributed by atoms with E-state index in [0.29, 0.717) is 25.0 Å². The van der Waals surface area contributed by atoms with Crippen LogP contribution in [0.15, 0.2) is 42.7 Å². The van der Waals surface area contributed by atoms with Gasteiger partial charge in [0, 0.05) is 36.8 Å². The Morgan fingerprint density at radius 2 is 2.14 bits per heavy atom. The van der Waals surface area contributed by atoms with E-state index in [4.69, 9.17) is 0 Å². The molecule has 3 heterocycles.